The van der Waals surface area contributed by atoms with Gasteiger partial charge in [0.1, 0.15) is 13.2 Å². The SMILES string of the molecule is CC/C=C\C/C=C\C/C=C\C/C=C\CCCCCCCCC(=O)OC(COC(=O)CCCCCCCCCCC/C=C\C/C=C\CCCCC)COC(=O)CCCCCCCCCCCCCC/C=C\C/C=C\C/C=C\CCCCCCC. The topological polar surface area (TPSA) is 78.9 Å². The van der Waals surface area contributed by atoms with Crippen molar-refractivity contribution in [1.82, 2.24) is 0 Å². The molecule has 0 spiro atoms. The van der Waals surface area contributed by atoms with E-state index in [2.05, 4.69) is 130 Å². The van der Waals surface area contributed by atoms with Gasteiger partial charge in [-0.3, -0.25) is 14.4 Å². The van der Waals surface area contributed by atoms with E-state index in [9.17, 15) is 14.4 Å². The van der Waals surface area contributed by atoms with E-state index in [0.717, 1.165) is 116 Å². The van der Waals surface area contributed by atoms with Crippen LogP contribution >= 0.6 is 0 Å². The standard InChI is InChI=1S/C77H132O6/c1-4-7-10-13-16-19-22-25-28-31-34-35-36-37-38-39-40-41-44-46-49-52-55-58-61-64-67-70-76(79)82-73-74(83-77(80)71-68-65-62-59-56-53-50-47-43-33-30-27-24-21-18-15-12-9-6-3)72-81-75(78)69-66-63-60-57-54-51-48-45-42-32-29-26-23-20-17-14-11-8-5-2/h9,12,17-18,20-22,25-27,29-31,34,36-37,43,47,74H,4-8,10-11,13-16,19,23-24,28,32-33,35,38-42,44-46,48-73H2,1-3H3/b12-9-,20-17-,21-18-,25-22-,29-26-,30-27-,34-31-,37-36-,47-43-. The lowest BCUT2D eigenvalue weighted by atomic mass is 10.0. The highest BCUT2D eigenvalue weighted by atomic mass is 16.6. The normalized spacial score (nSPS) is 12.8. The lowest BCUT2D eigenvalue weighted by Gasteiger charge is -2.18. The number of carbonyl (C=O) groups excluding carboxylic acids is 3. The average Bonchev–Trinajstić information content (AvgIpc) is 3.50. The maximum atomic E-state index is 13.0. The van der Waals surface area contributed by atoms with Crippen molar-refractivity contribution in [2.45, 2.75) is 348 Å². The molecule has 0 aliphatic rings. The maximum absolute atomic E-state index is 13.0. The summed E-state index contributed by atoms with van der Waals surface area (Å²) in [6.07, 6.45) is 96.7. The van der Waals surface area contributed by atoms with Crippen LogP contribution < -0.4 is 0 Å². The summed E-state index contributed by atoms with van der Waals surface area (Å²) in [5.41, 5.74) is 0. The predicted molar refractivity (Wildman–Crippen MR) is 362 cm³/mol. The van der Waals surface area contributed by atoms with E-state index in [4.69, 9.17) is 14.2 Å². The molecule has 6 heteroatoms. The van der Waals surface area contributed by atoms with Crippen molar-refractivity contribution in [2.75, 3.05) is 13.2 Å². The van der Waals surface area contributed by atoms with Crippen molar-refractivity contribution in [3.05, 3.63) is 109 Å². The second-order valence-electron chi connectivity index (χ2n) is 23.4. The van der Waals surface area contributed by atoms with E-state index in [1.807, 2.05) is 0 Å². The average molecular weight is 1150 g/mol. The second kappa shape index (κ2) is 70.6. The lowest BCUT2D eigenvalue weighted by molar-refractivity contribution is -0.167. The summed E-state index contributed by atoms with van der Waals surface area (Å²) in [5, 5.41) is 0. The molecule has 476 valence electrons. The summed E-state index contributed by atoms with van der Waals surface area (Å²) in [4.78, 5) is 38.5. The van der Waals surface area contributed by atoms with Crippen LogP contribution in [0.25, 0.3) is 0 Å². The minimum absolute atomic E-state index is 0.0859. The number of unbranched alkanes of at least 4 members (excludes halogenated alkanes) is 35. The number of esters is 3. The summed E-state index contributed by atoms with van der Waals surface area (Å²) in [6.45, 7) is 6.51. The molecule has 0 aliphatic heterocycles. The van der Waals surface area contributed by atoms with Crippen LogP contribution in [-0.4, -0.2) is 37.2 Å². The van der Waals surface area contributed by atoms with Crippen LogP contribution in [0.2, 0.25) is 0 Å². The molecule has 0 heterocycles. The summed E-state index contributed by atoms with van der Waals surface area (Å²) < 4.78 is 17.0. The highest BCUT2D eigenvalue weighted by molar-refractivity contribution is 5.71. The molecule has 0 saturated carbocycles. The van der Waals surface area contributed by atoms with Crippen molar-refractivity contribution < 1.29 is 28.6 Å². The first-order valence-corrected chi connectivity index (χ1v) is 35.4. The predicted octanol–water partition coefficient (Wildman–Crippen LogP) is 24.6. The molecule has 6 nitrogen and oxygen atoms in total. The van der Waals surface area contributed by atoms with E-state index in [1.165, 1.54) is 186 Å². The first-order chi connectivity index (χ1) is 41.0. The smallest absolute Gasteiger partial charge is 0.306 e. The van der Waals surface area contributed by atoms with E-state index < -0.39 is 6.10 Å². The van der Waals surface area contributed by atoms with Crippen LogP contribution in [0, 0.1) is 0 Å². The maximum Gasteiger partial charge on any atom is 0.306 e. The molecule has 0 aromatic heterocycles. The van der Waals surface area contributed by atoms with Gasteiger partial charge in [0.25, 0.3) is 0 Å². The quantitative estimate of drug-likeness (QED) is 0.0261. The first-order valence-electron chi connectivity index (χ1n) is 35.4. The third kappa shape index (κ3) is 68.7. The molecule has 0 rings (SSSR count). The number of ether oxygens (including phenoxy) is 3. The Morgan fingerprint density at radius 2 is 0.470 bits per heavy atom. The molecule has 0 aromatic carbocycles. The lowest BCUT2D eigenvalue weighted by Crippen LogP contribution is -2.30. The summed E-state index contributed by atoms with van der Waals surface area (Å²) in [5.74, 6) is -0.893. The highest BCUT2D eigenvalue weighted by Crippen LogP contribution is 2.17. The number of carbonyl (C=O) groups is 3. The van der Waals surface area contributed by atoms with Gasteiger partial charge >= 0.3 is 17.9 Å². The van der Waals surface area contributed by atoms with Crippen LogP contribution in [0.4, 0.5) is 0 Å². The van der Waals surface area contributed by atoms with Crippen molar-refractivity contribution in [2.24, 2.45) is 0 Å². The Morgan fingerprint density at radius 1 is 0.253 bits per heavy atom. The molecule has 0 fully saturated rings. The monoisotopic (exact) mass is 1150 g/mol. The Kier molecular flexibility index (Phi) is 67.2. The Balaban J connectivity index is 4.37. The minimum atomic E-state index is -0.792. The Labute approximate surface area is 514 Å². The Morgan fingerprint density at radius 3 is 0.759 bits per heavy atom. The summed E-state index contributed by atoms with van der Waals surface area (Å²) in [7, 11) is 0. The summed E-state index contributed by atoms with van der Waals surface area (Å²) >= 11 is 0. The third-order valence-corrected chi connectivity index (χ3v) is 15.2. The molecule has 0 radical (unpaired) electrons. The van der Waals surface area contributed by atoms with Crippen molar-refractivity contribution in [1.29, 1.82) is 0 Å². The van der Waals surface area contributed by atoms with E-state index in [1.54, 1.807) is 0 Å². The Bertz CT molecular complexity index is 1660. The van der Waals surface area contributed by atoms with Gasteiger partial charge < -0.3 is 14.2 Å². The largest absolute Gasteiger partial charge is 0.462 e. The zero-order valence-electron chi connectivity index (χ0n) is 54.7. The number of hydrogen-bond acceptors (Lipinski definition) is 6. The van der Waals surface area contributed by atoms with Gasteiger partial charge in [-0.2, -0.15) is 0 Å². The van der Waals surface area contributed by atoms with Crippen LogP contribution in [0.15, 0.2) is 109 Å². The third-order valence-electron chi connectivity index (χ3n) is 15.2. The van der Waals surface area contributed by atoms with Crippen LogP contribution in [0.5, 0.6) is 0 Å². The zero-order chi connectivity index (χ0) is 59.9. The van der Waals surface area contributed by atoms with E-state index in [-0.39, 0.29) is 31.1 Å². The van der Waals surface area contributed by atoms with Crippen LogP contribution in [-0.2, 0) is 28.6 Å². The van der Waals surface area contributed by atoms with Gasteiger partial charge in [-0.25, -0.2) is 0 Å². The van der Waals surface area contributed by atoms with Gasteiger partial charge in [0, 0.05) is 19.3 Å². The van der Waals surface area contributed by atoms with Crippen LogP contribution in [0.3, 0.4) is 0 Å². The van der Waals surface area contributed by atoms with Gasteiger partial charge in [-0.05, 0) is 128 Å². The van der Waals surface area contributed by atoms with E-state index in [0.29, 0.717) is 19.3 Å². The zero-order valence-corrected chi connectivity index (χ0v) is 54.7. The van der Waals surface area contributed by atoms with Crippen molar-refractivity contribution in [3.63, 3.8) is 0 Å². The van der Waals surface area contributed by atoms with Gasteiger partial charge in [0.05, 0.1) is 0 Å². The minimum Gasteiger partial charge on any atom is -0.462 e. The van der Waals surface area contributed by atoms with Gasteiger partial charge in [-0.15, -0.1) is 0 Å². The fraction of sp³-hybridized carbons (Fsp3) is 0.727. The summed E-state index contributed by atoms with van der Waals surface area (Å²) in [6, 6.07) is 0. The Hall–Kier alpha value is -3.93. The molecule has 0 bridgehead atoms. The van der Waals surface area contributed by atoms with Crippen molar-refractivity contribution in [3.8, 4) is 0 Å². The highest BCUT2D eigenvalue weighted by Gasteiger charge is 2.19. The van der Waals surface area contributed by atoms with Crippen LogP contribution in [0.1, 0.15) is 342 Å². The first kappa shape index (κ1) is 79.1. The molecule has 0 aliphatic carbocycles. The van der Waals surface area contributed by atoms with Crippen molar-refractivity contribution >= 4 is 17.9 Å². The molecule has 0 saturated heterocycles. The fourth-order valence-electron chi connectivity index (χ4n) is 9.94. The van der Waals surface area contributed by atoms with E-state index >= 15 is 0 Å². The molecule has 0 amide bonds. The molecule has 0 aromatic rings. The fourth-order valence-corrected chi connectivity index (χ4v) is 9.94. The van der Waals surface area contributed by atoms with Gasteiger partial charge in [-0.1, -0.05) is 304 Å². The van der Waals surface area contributed by atoms with Gasteiger partial charge in [0.2, 0.25) is 0 Å². The molecular weight excluding hydrogens is 1020 g/mol. The molecule has 1 unspecified atom stereocenters. The number of allylic oxidation sites excluding steroid dienone is 18. The molecule has 0 N–H and O–H groups in total. The second-order valence-corrected chi connectivity index (χ2v) is 23.4. The van der Waals surface area contributed by atoms with Gasteiger partial charge in [0.15, 0.2) is 6.10 Å². The number of hydrogen-bond donors (Lipinski definition) is 0. The molecule has 1 atom stereocenters. The molecule has 83 heavy (non-hydrogen) atoms. The number of rotatable bonds is 64. The molecular formula is C77H132O6.